The van der Waals surface area contributed by atoms with Crippen LogP contribution in [0.4, 0.5) is 5.69 Å². The largest absolute Gasteiger partial charge is 0.349 e. The predicted octanol–water partition coefficient (Wildman–Crippen LogP) is 4.65. The van der Waals surface area contributed by atoms with Gasteiger partial charge in [0.15, 0.2) is 0 Å². The summed E-state index contributed by atoms with van der Waals surface area (Å²) in [5.74, 6) is -4.70. The molecular weight excluding hydrogens is 466 g/mol. The SMILES string of the molecule is Cc1ccc([C@H]2OC3(C(=O)c4ccc(C)cc4C3=O)[C@H]3C(=O)N(c4ccccc4Cl)C(=O)[C@@H]23)cc1. The number of ketones is 2. The number of ether oxygens (including phenoxy) is 1. The number of benzene rings is 3. The normalized spacial score (nSPS) is 27.2. The highest BCUT2D eigenvalue weighted by Gasteiger charge is 2.74. The molecule has 4 atom stereocenters. The number of Topliss-reactive ketones (excluding diaryl/α,β-unsaturated/α-hetero) is 2. The van der Waals surface area contributed by atoms with Gasteiger partial charge in [0.1, 0.15) is 0 Å². The van der Waals surface area contributed by atoms with Crippen molar-refractivity contribution in [1.82, 2.24) is 0 Å². The van der Waals surface area contributed by atoms with Gasteiger partial charge in [-0.3, -0.25) is 19.2 Å². The van der Waals surface area contributed by atoms with Crippen LogP contribution in [0.5, 0.6) is 0 Å². The molecule has 35 heavy (non-hydrogen) atoms. The second-order valence-corrected chi connectivity index (χ2v) is 9.77. The van der Waals surface area contributed by atoms with Crippen molar-refractivity contribution in [1.29, 1.82) is 0 Å². The van der Waals surface area contributed by atoms with E-state index in [2.05, 4.69) is 0 Å². The van der Waals surface area contributed by atoms with Crippen molar-refractivity contribution in [2.24, 2.45) is 11.8 Å². The molecule has 1 unspecified atom stereocenters. The Morgan fingerprint density at radius 3 is 2.17 bits per heavy atom. The Hall–Kier alpha value is -3.61. The average Bonchev–Trinajstić information content (AvgIpc) is 3.40. The summed E-state index contributed by atoms with van der Waals surface area (Å²) in [4.78, 5) is 56.4. The zero-order chi connectivity index (χ0) is 24.6. The Morgan fingerprint density at radius 2 is 1.46 bits per heavy atom. The lowest BCUT2D eigenvalue weighted by Crippen LogP contribution is -2.51. The van der Waals surface area contributed by atoms with Crippen molar-refractivity contribution < 1.29 is 23.9 Å². The fraction of sp³-hybridized carbons (Fsp3) is 0.214. The van der Waals surface area contributed by atoms with Gasteiger partial charge in [-0.2, -0.15) is 0 Å². The molecule has 0 bridgehead atoms. The van der Waals surface area contributed by atoms with Crippen LogP contribution in [-0.4, -0.2) is 29.0 Å². The number of rotatable bonds is 2. The first kappa shape index (κ1) is 21.9. The molecule has 3 aliphatic rings. The van der Waals surface area contributed by atoms with Crippen LogP contribution in [0, 0.1) is 25.7 Å². The highest BCUT2D eigenvalue weighted by molar-refractivity contribution is 6.39. The van der Waals surface area contributed by atoms with Gasteiger partial charge in [-0.25, -0.2) is 4.90 Å². The second-order valence-electron chi connectivity index (χ2n) is 9.36. The smallest absolute Gasteiger partial charge is 0.241 e. The Balaban J connectivity index is 1.56. The first-order valence-corrected chi connectivity index (χ1v) is 11.7. The van der Waals surface area contributed by atoms with Gasteiger partial charge in [-0.15, -0.1) is 0 Å². The van der Waals surface area contributed by atoms with E-state index in [1.807, 2.05) is 26.0 Å². The molecule has 0 N–H and O–H groups in total. The maximum atomic E-state index is 13.9. The number of hydrogen-bond acceptors (Lipinski definition) is 5. The number of hydrogen-bond donors (Lipinski definition) is 0. The maximum Gasteiger partial charge on any atom is 0.241 e. The summed E-state index contributed by atoms with van der Waals surface area (Å²) in [5.41, 5.74) is 0.979. The van der Waals surface area contributed by atoms with E-state index >= 15 is 0 Å². The Kier molecular flexibility index (Phi) is 4.66. The minimum atomic E-state index is -2.10. The first-order chi connectivity index (χ1) is 16.8. The summed E-state index contributed by atoms with van der Waals surface area (Å²) in [6.45, 7) is 3.75. The lowest BCUT2D eigenvalue weighted by Gasteiger charge is -2.27. The quantitative estimate of drug-likeness (QED) is 0.390. The van der Waals surface area contributed by atoms with Crippen molar-refractivity contribution >= 4 is 40.7 Å². The topological polar surface area (TPSA) is 80.8 Å². The van der Waals surface area contributed by atoms with E-state index in [1.165, 1.54) is 0 Å². The summed E-state index contributed by atoms with van der Waals surface area (Å²) in [5, 5.41) is 0.221. The molecule has 2 heterocycles. The Labute approximate surface area is 206 Å². The van der Waals surface area contributed by atoms with E-state index in [0.717, 1.165) is 16.0 Å². The van der Waals surface area contributed by atoms with E-state index in [1.54, 1.807) is 54.6 Å². The highest BCUT2D eigenvalue weighted by atomic mass is 35.5. The zero-order valence-corrected chi connectivity index (χ0v) is 19.7. The van der Waals surface area contributed by atoms with Crippen molar-refractivity contribution in [3.8, 4) is 0 Å². The third kappa shape index (κ3) is 2.81. The first-order valence-electron chi connectivity index (χ1n) is 11.3. The molecule has 0 aromatic heterocycles. The van der Waals surface area contributed by atoms with Crippen molar-refractivity contribution in [2.75, 3.05) is 4.90 Å². The van der Waals surface area contributed by atoms with Gasteiger partial charge >= 0.3 is 0 Å². The van der Waals surface area contributed by atoms with Gasteiger partial charge in [-0.1, -0.05) is 71.3 Å². The Bertz CT molecular complexity index is 1460. The zero-order valence-electron chi connectivity index (χ0n) is 18.9. The summed E-state index contributed by atoms with van der Waals surface area (Å²) in [7, 11) is 0. The number of anilines is 1. The summed E-state index contributed by atoms with van der Waals surface area (Å²) in [6, 6.07) is 18.8. The molecule has 0 saturated carbocycles. The molecule has 7 heteroatoms. The summed E-state index contributed by atoms with van der Waals surface area (Å²) >= 11 is 6.35. The number of imide groups is 1. The van der Waals surface area contributed by atoms with Crippen LogP contribution in [-0.2, 0) is 14.3 Å². The second kappa shape index (κ2) is 7.44. The highest BCUT2D eigenvalue weighted by Crippen LogP contribution is 2.58. The van der Waals surface area contributed by atoms with Crippen LogP contribution >= 0.6 is 11.6 Å². The number of halogens is 1. The van der Waals surface area contributed by atoms with E-state index < -0.39 is 46.9 Å². The fourth-order valence-electron chi connectivity index (χ4n) is 5.61. The third-order valence-electron chi connectivity index (χ3n) is 7.27. The summed E-state index contributed by atoms with van der Waals surface area (Å²) < 4.78 is 6.30. The molecule has 2 aliphatic heterocycles. The monoisotopic (exact) mass is 485 g/mol. The van der Waals surface area contributed by atoms with Crippen LogP contribution < -0.4 is 4.90 Å². The van der Waals surface area contributed by atoms with Gasteiger partial charge in [0, 0.05) is 11.1 Å². The molecular formula is C28H20ClNO5. The van der Waals surface area contributed by atoms with Crippen LogP contribution in [0.2, 0.25) is 5.02 Å². The van der Waals surface area contributed by atoms with Gasteiger partial charge in [0.25, 0.3) is 0 Å². The molecule has 3 aromatic carbocycles. The summed E-state index contributed by atoms with van der Waals surface area (Å²) in [6.07, 6.45) is -0.951. The maximum absolute atomic E-state index is 13.9. The molecule has 1 aliphatic carbocycles. The van der Waals surface area contributed by atoms with E-state index in [4.69, 9.17) is 16.3 Å². The minimum Gasteiger partial charge on any atom is -0.349 e. The van der Waals surface area contributed by atoms with Crippen LogP contribution in [0.15, 0.2) is 66.7 Å². The van der Waals surface area contributed by atoms with Crippen LogP contribution in [0.3, 0.4) is 0 Å². The van der Waals surface area contributed by atoms with Crippen LogP contribution in [0.1, 0.15) is 43.5 Å². The number of fused-ring (bicyclic) bond motifs is 3. The number of nitrogens with zero attached hydrogens (tertiary/aromatic N) is 1. The van der Waals surface area contributed by atoms with E-state index in [0.29, 0.717) is 5.56 Å². The van der Waals surface area contributed by atoms with Gasteiger partial charge in [-0.05, 0) is 37.6 Å². The van der Waals surface area contributed by atoms with E-state index in [9.17, 15) is 19.2 Å². The Morgan fingerprint density at radius 1 is 0.800 bits per heavy atom. The van der Waals surface area contributed by atoms with E-state index in [-0.39, 0.29) is 21.8 Å². The molecule has 0 radical (unpaired) electrons. The van der Waals surface area contributed by atoms with Crippen molar-refractivity contribution in [3.05, 3.63) is 99.6 Å². The number of carbonyl (C=O) groups excluding carboxylic acids is 4. The van der Waals surface area contributed by atoms with Gasteiger partial charge in [0.2, 0.25) is 29.0 Å². The molecule has 3 aromatic rings. The molecule has 2 fully saturated rings. The average molecular weight is 486 g/mol. The molecule has 174 valence electrons. The molecule has 6 rings (SSSR count). The molecule has 1 spiro atoms. The molecule has 2 amide bonds. The molecule has 2 saturated heterocycles. The minimum absolute atomic E-state index is 0.209. The van der Waals surface area contributed by atoms with Gasteiger partial charge < -0.3 is 4.74 Å². The predicted molar refractivity (Wildman–Crippen MR) is 129 cm³/mol. The lowest BCUT2D eigenvalue weighted by atomic mass is 9.77. The number of amides is 2. The number of para-hydroxylation sites is 1. The molecule has 6 nitrogen and oxygen atoms in total. The number of carbonyl (C=O) groups is 4. The number of aryl methyl sites for hydroxylation is 2. The van der Waals surface area contributed by atoms with Gasteiger partial charge in [0.05, 0.1) is 28.6 Å². The third-order valence-corrected chi connectivity index (χ3v) is 7.59. The van der Waals surface area contributed by atoms with Crippen molar-refractivity contribution in [3.63, 3.8) is 0 Å². The fourth-order valence-corrected chi connectivity index (χ4v) is 5.83. The van der Waals surface area contributed by atoms with Crippen LogP contribution in [0.25, 0.3) is 0 Å². The standard InChI is InChI=1S/C28H20ClNO5/c1-14-7-10-16(11-8-14)23-21-22(27(34)30(26(21)33)20-6-4-3-5-19(20)29)28(35-23)24(31)17-12-9-15(2)13-18(17)25(28)32/h3-13,21-23H,1-2H3/t21-,22-,23-,28?/m1/s1. The van der Waals surface area contributed by atoms with Crippen molar-refractivity contribution in [2.45, 2.75) is 25.6 Å². The lowest BCUT2D eigenvalue weighted by molar-refractivity contribution is -0.127.